The van der Waals surface area contributed by atoms with Crippen LogP contribution < -0.4 is 10.1 Å². The number of furan rings is 1. The van der Waals surface area contributed by atoms with E-state index in [9.17, 15) is 28.1 Å². The van der Waals surface area contributed by atoms with E-state index >= 15 is 0 Å². The highest BCUT2D eigenvalue weighted by atomic mass is 19.4. The molecule has 0 bridgehead atoms. The van der Waals surface area contributed by atoms with Crippen LogP contribution in [0.1, 0.15) is 16.1 Å². The van der Waals surface area contributed by atoms with Crippen LogP contribution in [0.2, 0.25) is 0 Å². The molecule has 0 aliphatic rings. The molecular formula is C19H13F3N2O5. The number of anilines is 1. The number of carbonyl (C=O) groups excluding carboxylic acids is 1. The highest BCUT2D eigenvalue weighted by Crippen LogP contribution is 2.34. The molecule has 150 valence electrons. The second-order valence-corrected chi connectivity index (χ2v) is 5.84. The van der Waals surface area contributed by atoms with Crippen molar-refractivity contribution in [2.45, 2.75) is 6.18 Å². The lowest BCUT2D eigenvalue weighted by atomic mass is 10.1. The summed E-state index contributed by atoms with van der Waals surface area (Å²) in [5.74, 6) is -0.697. The molecule has 3 rings (SSSR count). The number of hydrogen-bond acceptors (Lipinski definition) is 5. The third kappa shape index (κ3) is 4.37. The second-order valence-electron chi connectivity index (χ2n) is 5.84. The average Bonchev–Trinajstić information content (AvgIpc) is 3.17. The van der Waals surface area contributed by atoms with Gasteiger partial charge in [0.2, 0.25) is 0 Å². The largest absolute Gasteiger partial charge is 0.497 e. The van der Waals surface area contributed by atoms with Crippen molar-refractivity contribution in [1.82, 2.24) is 0 Å². The number of carbonyl (C=O) groups is 1. The Morgan fingerprint density at radius 3 is 2.55 bits per heavy atom. The first kappa shape index (κ1) is 19.9. The quantitative estimate of drug-likeness (QED) is 0.468. The summed E-state index contributed by atoms with van der Waals surface area (Å²) in [6.07, 6.45) is -4.55. The molecule has 1 amide bonds. The predicted octanol–water partition coefficient (Wildman–Crippen LogP) is 5.13. The second kappa shape index (κ2) is 7.66. The number of amides is 1. The van der Waals surface area contributed by atoms with Crippen molar-refractivity contribution in [2.75, 3.05) is 12.4 Å². The Balaban J connectivity index is 1.86. The third-order valence-electron chi connectivity index (χ3n) is 3.94. The summed E-state index contributed by atoms with van der Waals surface area (Å²) in [5, 5.41) is 13.6. The van der Waals surface area contributed by atoms with E-state index in [1.165, 1.54) is 43.5 Å². The zero-order chi connectivity index (χ0) is 21.2. The van der Waals surface area contributed by atoms with Gasteiger partial charge in [0.1, 0.15) is 11.5 Å². The Morgan fingerprint density at radius 2 is 1.90 bits per heavy atom. The van der Waals surface area contributed by atoms with Crippen LogP contribution in [0.15, 0.2) is 59.0 Å². The maximum atomic E-state index is 12.8. The standard InChI is InChI=1S/C19H13F3N2O5/c1-28-13-5-6-14(15(10-13)24(26)27)16-7-8-17(29-16)18(25)23-12-4-2-3-11(9-12)19(20,21)22/h2-10H,1H3,(H,23,25). The zero-order valence-electron chi connectivity index (χ0n) is 14.8. The summed E-state index contributed by atoms with van der Waals surface area (Å²) < 4.78 is 48.7. The van der Waals surface area contributed by atoms with Crippen molar-refractivity contribution in [3.8, 4) is 17.1 Å². The summed E-state index contributed by atoms with van der Waals surface area (Å²) in [4.78, 5) is 23.0. The van der Waals surface area contributed by atoms with Gasteiger partial charge in [0.25, 0.3) is 11.6 Å². The van der Waals surface area contributed by atoms with E-state index in [-0.39, 0.29) is 34.2 Å². The van der Waals surface area contributed by atoms with Crippen molar-refractivity contribution in [3.63, 3.8) is 0 Å². The maximum Gasteiger partial charge on any atom is 0.416 e. The number of halogens is 3. The van der Waals surface area contributed by atoms with Gasteiger partial charge < -0.3 is 14.5 Å². The molecule has 0 fully saturated rings. The van der Waals surface area contributed by atoms with Crippen LogP contribution in [0.4, 0.5) is 24.5 Å². The fourth-order valence-corrected chi connectivity index (χ4v) is 2.57. The number of hydrogen-bond donors (Lipinski definition) is 1. The van der Waals surface area contributed by atoms with Crippen molar-refractivity contribution in [2.24, 2.45) is 0 Å². The Labute approximate surface area is 161 Å². The van der Waals surface area contributed by atoms with Gasteiger partial charge in [-0.1, -0.05) is 6.07 Å². The zero-order valence-corrected chi connectivity index (χ0v) is 14.8. The molecule has 29 heavy (non-hydrogen) atoms. The molecule has 0 saturated heterocycles. The Kier molecular flexibility index (Phi) is 5.26. The van der Waals surface area contributed by atoms with Crippen LogP contribution in [-0.2, 0) is 6.18 Å². The van der Waals surface area contributed by atoms with Gasteiger partial charge in [0.15, 0.2) is 5.76 Å². The van der Waals surface area contributed by atoms with E-state index in [1.54, 1.807) is 0 Å². The van der Waals surface area contributed by atoms with Crippen LogP contribution in [-0.4, -0.2) is 17.9 Å². The molecule has 0 aliphatic heterocycles. The number of nitrogens with zero attached hydrogens (tertiary/aromatic N) is 1. The predicted molar refractivity (Wildman–Crippen MR) is 96.7 cm³/mol. The molecule has 0 spiro atoms. The van der Waals surface area contributed by atoms with Gasteiger partial charge >= 0.3 is 6.18 Å². The van der Waals surface area contributed by atoms with Gasteiger partial charge in [-0.05, 0) is 42.5 Å². The van der Waals surface area contributed by atoms with Gasteiger partial charge in [0.05, 0.1) is 29.2 Å². The molecule has 0 atom stereocenters. The lowest BCUT2D eigenvalue weighted by Crippen LogP contribution is -2.12. The van der Waals surface area contributed by atoms with E-state index < -0.39 is 22.6 Å². The van der Waals surface area contributed by atoms with E-state index in [4.69, 9.17) is 9.15 Å². The van der Waals surface area contributed by atoms with Crippen molar-refractivity contribution >= 4 is 17.3 Å². The number of ether oxygens (including phenoxy) is 1. The van der Waals surface area contributed by atoms with E-state index in [0.717, 1.165) is 18.2 Å². The van der Waals surface area contributed by atoms with Crippen LogP contribution in [0.3, 0.4) is 0 Å². The Hall–Kier alpha value is -3.82. The molecule has 10 heteroatoms. The number of methoxy groups -OCH3 is 1. The number of rotatable bonds is 5. The molecular weight excluding hydrogens is 393 g/mol. The maximum absolute atomic E-state index is 12.8. The van der Waals surface area contributed by atoms with E-state index in [0.29, 0.717) is 0 Å². The van der Waals surface area contributed by atoms with Crippen LogP contribution >= 0.6 is 0 Å². The summed E-state index contributed by atoms with van der Waals surface area (Å²) >= 11 is 0. The number of nitro benzene ring substituents is 1. The van der Waals surface area contributed by atoms with Crippen molar-refractivity contribution in [3.05, 3.63) is 76.0 Å². The molecule has 1 heterocycles. The Bertz CT molecular complexity index is 1080. The molecule has 0 aliphatic carbocycles. The summed E-state index contributed by atoms with van der Waals surface area (Å²) in [7, 11) is 1.36. The monoisotopic (exact) mass is 406 g/mol. The molecule has 1 N–H and O–H groups in total. The van der Waals surface area contributed by atoms with Gasteiger partial charge in [-0.3, -0.25) is 14.9 Å². The van der Waals surface area contributed by atoms with Crippen molar-refractivity contribution in [1.29, 1.82) is 0 Å². The molecule has 3 aromatic rings. The fraction of sp³-hybridized carbons (Fsp3) is 0.105. The topological polar surface area (TPSA) is 94.6 Å². The number of nitrogens with one attached hydrogen (secondary N) is 1. The van der Waals surface area contributed by atoms with E-state index in [2.05, 4.69) is 5.32 Å². The molecule has 0 saturated carbocycles. The molecule has 0 unspecified atom stereocenters. The number of nitro groups is 1. The van der Waals surface area contributed by atoms with Crippen LogP contribution in [0.25, 0.3) is 11.3 Å². The lowest BCUT2D eigenvalue weighted by molar-refractivity contribution is -0.384. The minimum absolute atomic E-state index is 0.0496. The van der Waals surface area contributed by atoms with Crippen LogP contribution in [0.5, 0.6) is 5.75 Å². The first-order valence-electron chi connectivity index (χ1n) is 8.10. The minimum Gasteiger partial charge on any atom is -0.497 e. The summed E-state index contributed by atoms with van der Waals surface area (Å²) in [6.45, 7) is 0. The average molecular weight is 406 g/mol. The SMILES string of the molecule is COc1ccc(-c2ccc(C(=O)Nc3cccc(C(F)(F)F)c3)o2)c([N+](=O)[O-])c1. The highest BCUT2D eigenvalue weighted by Gasteiger charge is 2.30. The lowest BCUT2D eigenvalue weighted by Gasteiger charge is -2.09. The van der Waals surface area contributed by atoms with Gasteiger partial charge in [-0.25, -0.2) is 0 Å². The Morgan fingerprint density at radius 1 is 1.14 bits per heavy atom. The molecule has 0 radical (unpaired) electrons. The highest BCUT2D eigenvalue weighted by molar-refractivity contribution is 6.02. The number of benzene rings is 2. The summed E-state index contributed by atoms with van der Waals surface area (Å²) in [5.41, 5.74) is -1.15. The van der Waals surface area contributed by atoms with Gasteiger partial charge in [0, 0.05) is 5.69 Å². The first-order valence-corrected chi connectivity index (χ1v) is 8.10. The normalized spacial score (nSPS) is 11.2. The van der Waals surface area contributed by atoms with Crippen molar-refractivity contribution < 1.29 is 32.0 Å². The molecule has 2 aromatic carbocycles. The smallest absolute Gasteiger partial charge is 0.416 e. The molecule has 1 aromatic heterocycles. The third-order valence-corrected chi connectivity index (χ3v) is 3.94. The minimum atomic E-state index is -4.55. The van der Waals surface area contributed by atoms with Crippen LogP contribution in [0, 0.1) is 10.1 Å². The first-order chi connectivity index (χ1) is 13.7. The fourth-order valence-electron chi connectivity index (χ4n) is 2.57. The molecule has 7 nitrogen and oxygen atoms in total. The van der Waals surface area contributed by atoms with Gasteiger partial charge in [-0.15, -0.1) is 0 Å². The van der Waals surface area contributed by atoms with Gasteiger partial charge in [-0.2, -0.15) is 13.2 Å². The number of alkyl halides is 3. The van der Waals surface area contributed by atoms with E-state index in [1.807, 2.05) is 0 Å². The summed E-state index contributed by atoms with van der Waals surface area (Å²) in [6, 6.07) is 10.9.